The average Bonchev–Trinajstić information content (AvgIpc) is 2.34. The molecule has 2 aromatic carbocycles. The van der Waals surface area contributed by atoms with Crippen LogP contribution < -0.4 is 0 Å². The summed E-state index contributed by atoms with van der Waals surface area (Å²) < 4.78 is 0. The Balaban J connectivity index is 0.000000324. The Morgan fingerprint density at radius 3 is 1.26 bits per heavy atom. The summed E-state index contributed by atoms with van der Waals surface area (Å²) in [4.78, 5) is 1.05. The van der Waals surface area contributed by atoms with E-state index in [4.69, 9.17) is 35.5 Å². The predicted octanol–water partition coefficient (Wildman–Crippen LogP) is 3.21. The molecule has 2 rings (SSSR count). The largest absolute Gasteiger partial charge is 2.00 e. The van der Waals surface area contributed by atoms with Crippen LogP contribution in [0, 0.1) is 13.8 Å². The van der Waals surface area contributed by atoms with E-state index in [-0.39, 0.29) is 31.0 Å². The number of rotatable bonds is 0. The van der Waals surface area contributed by atoms with E-state index in [0.29, 0.717) is 9.79 Å². The van der Waals surface area contributed by atoms with Crippen LogP contribution in [0.4, 0.5) is 0 Å². The molecule has 19 heavy (non-hydrogen) atoms. The third-order valence-corrected chi connectivity index (χ3v) is 3.06. The minimum atomic E-state index is 0. The van der Waals surface area contributed by atoms with Gasteiger partial charge in [-0.1, -0.05) is 36.4 Å². The van der Waals surface area contributed by atoms with Crippen molar-refractivity contribution in [2.24, 2.45) is 0 Å². The Kier molecular flexibility index (Phi) is 7.92. The molecule has 0 saturated carbocycles. The Hall–Kier alpha value is -0.897. The van der Waals surface area contributed by atoms with Crippen LogP contribution in [0.2, 0.25) is 0 Å². The molecule has 5 heteroatoms. The zero-order valence-electron chi connectivity index (χ0n) is 10.9. The molecule has 0 aromatic heterocycles. The summed E-state index contributed by atoms with van der Waals surface area (Å²) in [7, 11) is 0. The van der Waals surface area contributed by atoms with Crippen LogP contribution in [0.3, 0.4) is 0 Å². The van der Waals surface area contributed by atoms with Gasteiger partial charge in [-0.2, -0.15) is 0 Å². The van der Waals surface area contributed by atoms with Gasteiger partial charge in [0, 0.05) is 0 Å². The molecule has 2 aromatic rings. The summed E-state index contributed by atoms with van der Waals surface area (Å²) in [6.45, 7) is 3.65. The molecule has 0 fully saturated rings. The Morgan fingerprint density at radius 2 is 1.05 bits per heavy atom. The minimum Gasteiger partial charge on any atom is -0.776 e. The SMILES string of the molecule is Cc1cccc([S-])c1O.Cc1cccc([S-])c1O.[Zn+2]. The van der Waals surface area contributed by atoms with E-state index in [0.717, 1.165) is 11.1 Å². The van der Waals surface area contributed by atoms with E-state index >= 15 is 0 Å². The molecule has 0 spiro atoms. The molecule has 0 saturated heterocycles. The van der Waals surface area contributed by atoms with Crippen molar-refractivity contribution in [3.63, 3.8) is 0 Å². The van der Waals surface area contributed by atoms with Crippen LogP contribution in [0.5, 0.6) is 11.5 Å². The molecule has 2 nitrogen and oxygen atoms in total. The smallest absolute Gasteiger partial charge is 0.776 e. The Morgan fingerprint density at radius 1 is 0.737 bits per heavy atom. The van der Waals surface area contributed by atoms with Gasteiger partial charge in [-0.3, -0.25) is 0 Å². The van der Waals surface area contributed by atoms with Gasteiger partial charge in [0.1, 0.15) is 0 Å². The summed E-state index contributed by atoms with van der Waals surface area (Å²) >= 11 is 9.58. The normalized spacial score (nSPS) is 8.95. The maximum Gasteiger partial charge on any atom is 2.00 e. The predicted molar refractivity (Wildman–Crippen MR) is 76.9 cm³/mol. The quantitative estimate of drug-likeness (QED) is 0.569. The molecule has 0 radical (unpaired) electrons. The number of phenolic OH excluding ortho intramolecular Hbond substituents is 2. The van der Waals surface area contributed by atoms with E-state index in [2.05, 4.69) is 0 Å². The molecule has 0 aliphatic heterocycles. The van der Waals surface area contributed by atoms with E-state index in [1.807, 2.05) is 38.1 Å². The third-order valence-electron chi connectivity index (χ3n) is 2.40. The second kappa shape index (κ2) is 8.31. The molecule has 0 unspecified atom stereocenters. The van der Waals surface area contributed by atoms with E-state index in [1.54, 1.807) is 12.1 Å². The van der Waals surface area contributed by atoms with Gasteiger partial charge < -0.3 is 35.5 Å². The maximum absolute atomic E-state index is 9.10. The molecular weight excluding hydrogens is 330 g/mol. The van der Waals surface area contributed by atoms with Crippen molar-refractivity contribution in [1.29, 1.82) is 0 Å². The summed E-state index contributed by atoms with van der Waals surface area (Å²) in [6, 6.07) is 10.7. The third kappa shape index (κ3) is 5.31. The Bertz CT molecular complexity index is 455. The van der Waals surface area contributed by atoms with Crippen molar-refractivity contribution >= 4 is 25.3 Å². The topological polar surface area (TPSA) is 40.5 Å². The van der Waals surface area contributed by atoms with E-state index < -0.39 is 0 Å². The van der Waals surface area contributed by atoms with Gasteiger partial charge in [0.25, 0.3) is 0 Å². The second-order valence-corrected chi connectivity index (χ2v) is 4.72. The fraction of sp³-hybridized carbons (Fsp3) is 0.143. The number of aromatic hydroxyl groups is 2. The van der Waals surface area contributed by atoms with Crippen molar-refractivity contribution in [2.45, 2.75) is 23.6 Å². The molecule has 0 bridgehead atoms. The molecule has 0 amide bonds. The van der Waals surface area contributed by atoms with E-state index in [1.165, 1.54) is 0 Å². The van der Waals surface area contributed by atoms with Crippen LogP contribution in [-0.2, 0) is 44.7 Å². The number of aryl methyl sites for hydroxylation is 2. The van der Waals surface area contributed by atoms with Gasteiger partial charge in [0.05, 0.1) is 11.5 Å². The van der Waals surface area contributed by atoms with Crippen LogP contribution in [-0.4, -0.2) is 10.2 Å². The van der Waals surface area contributed by atoms with Crippen molar-refractivity contribution < 1.29 is 29.7 Å². The summed E-state index contributed by atoms with van der Waals surface area (Å²) in [5.74, 6) is 0.458. The molecule has 0 heterocycles. The van der Waals surface area contributed by atoms with E-state index in [9.17, 15) is 0 Å². The zero-order chi connectivity index (χ0) is 13.7. The number of benzene rings is 2. The van der Waals surface area contributed by atoms with Gasteiger partial charge in [0.2, 0.25) is 0 Å². The van der Waals surface area contributed by atoms with Crippen LogP contribution in [0.1, 0.15) is 11.1 Å². The number of hydrogen-bond donors (Lipinski definition) is 2. The first-order chi connectivity index (χ1) is 8.43. The number of phenols is 2. The first-order valence-electron chi connectivity index (χ1n) is 5.34. The fourth-order valence-electron chi connectivity index (χ4n) is 1.26. The molecule has 0 atom stereocenters. The van der Waals surface area contributed by atoms with Gasteiger partial charge >= 0.3 is 19.5 Å². The van der Waals surface area contributed by atoms with Crippen molar-refractivity contribution in [3.05, 3.63) is 47.5 Å². The second-order valence-electron chi connectivity index (χ2n) is 3.84. The molecule has 96 valence electrons. The van der Waals surface area contributed by atoms with Gasteiger partial charge in [-0.05, 0) is 25.0 Å². The van der Waals surface area contributed by atoms with Crippen molar-refractivity contribution in [1.82, 2.24) is 0 Å². The summed E-state index contributed by atoms with van der Waals surface area (Å²) in [5.41, 5.74) is 1.67. The van der Waals surface area contributed by atoms with Gasteiger partial charge in [-0.15, -0.1) is 9.79 Å². The molecule has 0 aliphatic rings. The Labute approximate surface area is 137 Å². The zero-order valence-corrected chi connectivity index (χ0v) is 15.5. The molecule has 2 N–H and O–H groups in total. The van der Waals surface area contributed by atoms with Crippen molar-refractivity contribution in [3.8, 4) is 11.5 Å². The van der Waals surface area contributed by atoms with Crippen LogP contribution >= 0.6 is 0 Å². The van der Waals surface area contributed by atoms with Gasteiger partial charge in [0.15, 0.2) is 0 Å². The standard InChI is InChI=1S/2C7H8OS.Zn/c2*1-5-3-2-4-6(9)7(5)8;/h2*2-4,8-9H,1H3;/q;;+2/p-2. The number of hydrogen-bond acceptors (Lipinski definition) is 4. The van der Waals surface area contributed by atoms with Crippen molar-refractivity contribution in [2.75, 3.05) is 0 Å². The van der Waals surface area contributed by atoms with Crippen LogP contribution in [0.15, 0.2) is 46.2 Å². The monoisotopic (exact) mass is 342 g/mol. The minimum absolute atomic E-state index is 0. The average molecular weight is 344 g/mol. The summed E-state index contributed by atoms with van der Waals surface area (Å²) in [5, 5.41) is 18.2. The summed E-state index contributed by atoms with van der Waals surface area (Å²) in [6.07, 6.45) is 0. The first kappa shape index (κ1) is 18.1. The first-order valence-corrected chi connectivity index (χ1v) is 6.16. The molecular formula is C14H14O2S2Zn. The van der Waals surface area contributed by atoms with Crippen LogP contribution in [0.25, 0.3) is 0 Å². The van der Waals surface area contributed by atoms with Gasteiger partial charge in [-0.25, -0.2) is 0 Å². The maximum atomic E-state index is 9.10. The molecule has 0 aliphatic carbocycles. The fourth-order valence-corrected chi connectivity index (χ4v) is 1.74. The number of para-hydroxylation sites is 2.